The highest BCUT2D eigenvalue weighted by atomic mass is 16.5. The molecule has 0 unspecified atom stereocenters. The first-order chi connectivity index (χ1) is 13.1. The zero-order valence-corrected chi connectivity index (χ0v) is 14.7. The molecule has 0 spiro atoms. The number of ether oxygens (including phenoxy) is 1. The van der Waals surface area contributed by atoms with E-state index in [1.54, 1.807) is 36.4 Å². The van der Waals surface area contributed by atoms with Crippen molar-refractivity contribution in [2.24, 2.45) is 5.41 Å². The van der Waals surface area contributed by atoms with Crippen molar-refractivity contribution >= 4 is 17.8 Å². The average molecular weight is 368 g/mol. The predicted octanol–water partition coefficient (Wildman–Crippen LogP) is 0.960. The van der Waals surface area contributed by atoms with Crippen molar-refractivity contribution in [2.45, 2.75) is 12.8 Å². The molecule has 0 aromatic carbocycles. The van der Waals surface area contributed by atoms with Gasteiger partial charge in [-0.1, -0.05) is 12.1 Å². The monoisotopic (exact) mass is 368 g/mol. The molecule has 0 bridgehead atoms. The first-order valence-electron chi connectivity index (χ1n) is 8.62. The number of pyridine rings is 2. The molecule has 140 valence electrons. The van der Waals surface area contributed by atoms with E-state index in [1.165, 1.54) is 12.4 Å². The van der Waals surface area contributed by atoms with Crippen LogP contribution in [0.1, 0.15) is 33.8 Å². The molecule has 1 fully saturated rings. The third-order valence-electron chi connectivity index (χ3n) is 4.46. The minimum atomic E-state index is -0.621. The quantitative estimate of drug-likeness (QED) is 0.735. The summed E-state index contributed by atoms with van der Waals surface area (Å²) in [7, 11) is 0. The van der Waals surface area contributed by atoms with Crippen LogP contribution in [0.25, 0.3) is 0 Å². The Morgan fingerprint density at radius 3 is 1.96 bits per heavy atom. The minimum Gasteiger partial charge on any atom is -0.466 e. The van der Waals surface area contributed by atoms with Crippen LogP contribution >= 0.6 is 0 Å². The summed E-state index contributed by atoms with van der Waals surface area (Å²) < 4.78 is 5.03. The summed E-state index contributed by atoms with van der Waals surface area (Å²) in [6, 6.07) is 10.1. The highest BCUT2D eigenvalue weighted by Crippen LogP contribution is 2.30. The number of hydrogen-bond donors (Lipinski definition) is 2. The highest BCUT2D eigenvalue weighted by Gasteiger charge is 2.38. The maximum Gasteiger partial charge on any atom is 0.306 e. The maximum absolute atomic E-state index is 12.3. The normalized spacial score (nSPS) is 15.5. The van der Waals surface area contributed by atoms with Crippen molar-refractivity contribution in [1.29, 1.82) is 0 Å². The summed E-state index contributed by atoms with van der Waals surface area (Å²) in [6.07, 6.45) is 3.72. The second-order valence-corrected chi connectivity index (χ2v) is 6.44. The van der Waals surface area contributed by atoms with E-state index in [0.29, 0.717) is 17.8 Å². The summed E-state index contributed by atoms with van der Waals surface area (Å²) in [5.74, 6) is -1.00. The molecule has 2 N–H and O–H groups in total. The summed E-state index contributed by atoms with van der Waals surface area (Å²) in [5.41, 5.74) is -0.0309. The highest BCUT2D eigenvalue weighted by molar-refractivity contribution is 5.93. The number of cyclic esters (lactones) is 1. The van der Waals surface area contributed by atoms with Gasteiger partial charge in [-0.05, 0) is 30.7 Å². The third kappa shape index (κ3) is 4.87. The Kier molecular flexibility index (Phi) is 5.75. The van der Waals surface area contributed by atoms with Gasteiger partial charge in [-0.15, -0.1) is 0 Å². The Balaban J connectivity index is 1.65. The molecule has 0 atom stereocenters. The molecule has 1 aliphatic rings. The number of nitrogens with zero attached hydrogens (tertiary/aromatic N) is 2. The van der Waals surface area contributed by atoms with E-state index >= 15 is 0 Å². The standard InChI is InChI=1S/C19H20N4O4/c24-16-11-19(7-10-27-16,12-22-17(25)14-5-1-3-8-20-14)13-23-18(26)15-6-2-4-9-21-15/h1-6,8-9H,7,10-13H2,(H,22,25)(H,23,26). The largest absolute Gasteiger partial charge is 0.466 e. The van der Waals surface area contributed by atoms with Crippen LogP contribution in [0.5, 0.6) is 0 Å². The molecule has 0 saturated carbocycles. The molecule has 0 aliphatic carbocycles. The fourth-order valence-electron chi connectivity index (χ4n) is 2.90. The fraction of sp³-hybridized carbons (Fsp3) is 0.316. The Labute approximate surface area is 156 Å². The van der Waals surface area contributed by atoms with Crippen molar-refractivity contribution in [3.8, 4) is 0 Å². The van der Waals surface area contributed by atoms with Crippen LogP contribution in [0.3, 0.4) is 0 Å². The zero-order chi connectivity index (χ0) is 19.1. The zero-order valence-electron chi connectivity index (χ0n) is 14.7. The van der Waals surface area contributed by atoms with Crippen LogP contribution in [0.2, 0.25) is 0 Å². The van der Waals surface area contributed by atoms with Crippen LogP contribution < -0.4 is 10.6 Å². The number of rotatable bonds is 6. The van der Waals surface area contributed by atoms with E-state index in [4.69, 9.17) is 4.74 Å². The Hall–Kier alpha value is -3.29. The molecule has 3 heterocycles. The molecule has 1 aliphatic heterocycles. The van der Waals surface area contributed by atoms with E-state index in [1.807, 2.05) is 0 Å². The molecular formula is C19H20N4O4. The van der Waals surface area contributed by atoms with E-state index in [9.17, 15) is 14.4 Å². The molecule has 27 heavy (non-hydrogen) atoms. The van der Waals surface area contributed by atoms with Crippen LogP contribution in [0.4, 0.5) is 0 Å². The average Bonchev–Trinajstić information content (AvgIpc) is 2.72. The fourth-order valence-corrected chi connectivity index (χ4v) is 2.90. The number of nitrogens with one attached hydrogen (secondary N) is 2. The van der Waals surface area contributed by atoms with Crippen molar-refractivity contribution < 1.29 is 19.1 Å². The molecule has 3 rings (SSSR count). The van der Waals surface area contributed by atoms with Gasteiger partial charge >= 0.3 is 5.97 Å². The van der Waals surface area contributed by atoms with Crippen LogP contribution in [-0.4, -0.2) is 47.4 Å². The van der Waals surface area contributed by atoms with Gasteiger partial charge in [0.2, 0.25) is 0 Å². The first kappa shape index (κ1) is 18.5. The van der Waals surface area contributed by atoms with E-state index < -0.39 is 5.41 Å². The van der Waals surface area contributed by atoms with Crippen LogP contribution in [-0.2, 0) is 9.53 Å². The molecule has 8 heteroatoms. The molecule has 2 aromatic rings. The number of amides is 2. The van der Waals surface area contributed by atoms with Gasteiger partial charge in [0.05, 0.1) is 13.0 Å². The molecule has 8 nitrogen and oxygen atoms in total. The Morgan fingerprint density at radius 2 is 1.52 bits per heavy atom. The number of aromatic nitrogens is 2. The minimum absolute atomic E-state index is 0.109. The topological polar surface area (TPSA) is 110 Å². The van der Waals surface area contributed by atoms with E-state index in [0.717, 1.165) is 0 Å². The predicted molar refractivity (Wildman–Crippen MR) is 95.8 cm³/mol. The third-order valence-corrected chi connectivity index (χ3v) is 4.46. The van der Waals surface area contributed by atoms with Crippen molar-refractivity contribution in [3.05, 3.63) is 60.2 Å². The lowest BCUT2D eigenvalue weighted by Crippen LogP contribution is -2.49. The van der Waals surface area contributed by atoms with Gasteiger partial charge in [-0.3, -0.25) is 24.4 Å². The maximum atomic E-state index is 12.3. The van der Waals surface area contributed by atoms with Gasteiger partial charge in [-0.25, -0.2) is 0 Å². The summed E-state index contributed by atoms with van der Waals surface area (Å²) in [4.78, 5) is 44.4. The van der Waals surface area contributed by atoms with Gasteiger partial charge < -0.3 is 15.4 Å². The Bertz CT molecular complexity index is 755. The van der Waals surface area contributed by atoms with Crippen molar-refractivity contribution in [3.63, 3.8) is 0 Å². The molecule has 2 amide bonds. The summed E-state index contributed by atoms with van der Waals surface area (Å²) in [6.45, 7) is 0.692. The lowest BCUT2D eigenvalue weighted by atomic mass is 9.79. The van der Waals surface area contributed by atoms with Gasteiger partial charge in [0, 0.05) is 30.9 Å². The van der Waals surface area contributed by atoms with Gasteiger partial charge in [-0.2, -0.15) is 0 Å². The van der Waals surface area contributed by atoms with Crippen LogP contribution in [0, 0.1) is 5.41 Å². The smallest absolute Gasteiger partial charge is 0.306 e. The van der Waals surface area contributed by atoms with E-state index in [-0.39, 0.29) is 43.9 Å². The molecule has 0 radical (unpaired) electrons. The van der Waals surface area contributed by atoms with Gasteiger partial charge in [0.15, 0.2) is 0 Å². The van der Waals surface area contributed by atoms with Crippen LogP contribution in [0.15, 0.2) is 48.8 Å². The van der Waals surface area contributed by atoms with Crippen molar-refractivity contribution in [1.82, 2.24) is 20.6 Å². The number of hydrogen-bond acceptors (Lipinski definition) is 6. The van der Waals surface area contributed by atoms with Gasteiger partial charge in [0.25, 0.3) is 11.8 Å². The lowest BCUT2D eigenvalue weighted by Gasteiger charge is -2.36. The second-order valence-electron chi connectivity index (χ2n) is 6.44. The Morgan fingerprint density at radius 1 is 0.963 bits per heavy atom. The summed E-state index contributed by atoms with van der Waals surface area (Å²) >= 11 is 0. The van der Waals surface area contributed by atoms with Crippen molar-refractivity contribution in [2.75, 3.05) is 19.7 Å². The number of carbonyl (C=O) groups is 3. The SMILES string of the molecule is O=C1CC(CNC(=O)c2ccccn2)(CNC(=O)c2ccccn2)CCO1. The van der Waals surface area contributed by atoms with E-state index in [2.05, 4.69) is 20.6 Å². The number of esters is 1. The number of carbonyl (C=O) groups excluding carboxylic acids is 3. The molecule has 1 saturated heterocycles. The van der Waals surface area contributed by atoms with Gasteiger partial charge in [0.1, 0.15) is 11.4 Å². The lowest BCUT2D eigenvalue weighted by molar-refractivity contribution is -0.152. The molecular weight excluding hydrogens is 348 g/mol. The molecule has 2 aromatic heterocycles. The second kappa shape index (κ2) is 8.39. The summed E-state index contributed by atoms with van der Waals surface area (Å²) in [5, 5.41) is 5.63. The first-order valence-corrected chi connectivity index (χ1v) is 8.62.